The highest BCUT2D eigenvalue weighted by Crippen LogP contribution is 2.23. The van der Waals surface area contributed by atoms with Gasteiger partial charge >= 0.3 is 6.03 Å². The molecule has 2 aliphatic rings. The van der Waals surface area contributed by atoms with Crippen LogP contribution in [0.1, 0.15) is 12.5 Å². The van der Waals surface area contributed by atoms with Gasteiger partial charge in [-0.3, -0.25) is 14.5 Å². The lowest BCUT2D eigenvalue weighted by atomic mass is 10.1. The average molecular weight is 287 g/mol. The van der Waals surface area contributed by atoms with E-state index in [9.17, 15) is 14.4 Å². The second-order valence-corrected chi connectivity index (χ2v) is 5.37. The van der Waals surface area contributed by atoms with Gasteiger partial charge in [-0.2, -0.15) is 0 Å². The second kappa shape index (κ2) is 5.20. The fourth-order valence-electron chi connectivity index (χ4n) is 2.85. The SMILES string of the molecule is CC(=O)N1CCN2C(=O)N(Cc3ccccc3)C(=O)C2C1. The number of carbonyl (C=O) groups excluding carboxylic acids is 3. The largest absolute Gasteiger partial charge is 0.339 e. The Morgan fingerprint density at radius 3 is 2.57 bits per heavy atom. The monoisotopic (exact) mass is 287 g/mol. The highest BCUT2D eigenvalue weighted by Gasteiger charge is 2.47. The van der Waals surface area contributed by atoms with Crippen LogP contribution in [0.3, 0.4) is 0 Å². The Labute approximate surface area is 122 Å². The van der Waals surface area contributed by atoms with Gasteiger partial charge in [0.1, 0.15) is 6.04 Å². The number of piperazine rings is 1. The zero-order valence-electron chi connectivity index (χ0n) is 11.9. The maximum absolute atomic E-state index is 12.4. The summed E-state index contributed by atoms with van der Waals surface area (Å²) < 4.78 is 0. The lowest BCUT2D eigenvalue weighted by Crippen LogP contribution is -2.54. The van der Waals surface area contributed by atoms with Gasteiger partial charge in [0.15, 0.2) is 0 Å². The van der Waals surface area contributed by atoms with E-state index in [-0.39, 0.29) is 24.4 Å². The summed E-state index contributed by atoms with van der Waals surface area (Å²) in [5.74, 6) is -0.272. The van der Waals surface area contributed by atoms with Crippen LogP contribution < -0.4 is 0 Å². The van der Waals surface area contributed by atoms with Crippen LogP contribution in [-0.4, -0.2) is 58.2 Å². The van der Waals surface area contributed by atoms with Crippen LogP contribution in [0.15, 0.2) is 30.3 Å². The first-order valence-electron chi connectivity index (χ1n) is 6.99. The van der Waals surface area contributed by atoms with E-state index in [1.807, 2.05) is 30.3 Å². The number of carbonyl (C=O) groups is 3. The van der Waals surface area contributed by atoms with Crippen LogP contribution in [0.25, 0.3) is 0 Å². The molecule has 21 heavy (non-hydrogen) atoms. The molecule has 4 amide bonds. The van der Waals surface area contributed by atoms with E-state index < -0.39 is 6.04 Å². The van der Waals surface area contributed by atoms with Crippen molar-refractivity contribution in [3.8, 4) is 0 Å². The summed E-state index contributed by atoms with van der Waals surface area (Å²) in [6.07, 6.45) is 0. The lowest BCUT2D eigenvalue weighted by Gasteiger charge is -2.34. The van der Waals surface area contributed by atoms with Crippen molar-refractivity contribution in [3.63, 3.8) is 0 Å². The Kier molecular flexibility index (Phi) is 3.37. The van der Waals surface area contributed by atoms with Gasteiger partial charge in [-0.1, -0.05) is 30.3 Å². The van der Waals surface area contributed by atoms with Gasteiger partial charge in [-0.25, -0.2) is 4.79 Å². The van der Waals surface area contributed by atoms with Crippen molar-refractivity contribution < 1.29 is 14.4 Å². The molecule has 1 aromatic rings. The topological polar surface area (TPSA) is 60.9 Å². The van der Waals surface area contributed by atoms with Gasteiger partial charge in [-0.15, -0.1) is 0 Å². The fraction of sp³-hybridized carbons (Fsp3) is 0.400. The van der Waals surface area contributed by atoms with E-state index in [0.29, 0.717) is 19.6 Å². The predicted molar refractivity (Wildman–Crippen MR) is 75.1 cm³/mol. The minimum absolute atomic E-state index is 0.0589. The van der Waals surface area contributed by atoms with Crippen molar-refractivity contribution in [2.75, 3.05) is 19.6 Å². The number of nitrogens with zero attached hydrogens (tertiary/aromatic N) is 3. The zero-order chi connectivity index (χ0) is 15.0. The normalized spacial score (nSPS) is 21.8. The van der Waals surface area contributed by atoms with E-state index >= 15 is 0 Å². The first-order valence-corrected chi connectivity index (χ1v) is 6.99. The van der Waals surface area contributed by atoms with Gasteiger partial charge in [0.2, 0.25) is 5.91 Å². The number of amides is 4. The molecular formula is C15H17N3O3. The second-order valence-electron chi connectivity index (χ2n) is 5.37. The van der Waals surface area contributed by atoms with Crippen LogP contribution in [0.5, 0.6) is 0 Å². The van der Waals surface area contributed by atoms with Gasteiger partial charge in [0, 0.05) is 20.0 Å². The molecule has 2 heterocycles. The molecule has 1 unspecified atom stereocenters. The zero-order valence-corrected chi connectivity index (χ0v) is 11.9. The summed E-state index contributed by atoms with van der Waals surface area (Å²) in [7, 11) is 0. The predicted octanol–water partition coefficient (Wildman–Crippen LogP) is 0.681. The van der Waals surface area contributed by atoms with E-state index in [1.165, 1.54) is 11.8 Å². The Morgan fingerprint density at radius 2 is 1.90 bits per heavy atom. The minimum Gasteiger partial charge on any atom is -0.339 e. The Balaban J connectivity index is 1.78. The summed E-state index contributed by atoms with van der Waals surface area (Å²) >= 11 is 0. The number of rotatable bonds is 2. The van der Waals surface area contributed by atoms with Crippen LogP contribution in [0, 0.1) is 0 Å². The third-order valence-electron chi connectivity index (χ3n) is 4.04. The molecule has 1 aromatic carbocycles. The standard InChI is InChI=1S/C15H17N3O3/c1-11(19)16-7-8-17-13(10-16)14(20)18(15(17)21)9-12-5-3-2-4-6-12/h2-6,13H,7-10H2,1H3. The van der Waals surface area contributed by atoms with E-state index in [2.05, 4.69) is 0 Å². The third-order valence-corrected chi connectivity index (χ3v) is 4.04. The molecule has 6 nitrogen and oxygen atoms in total. The molecule has 0 bridgehead atoms. The number of hydrogen-bond donors (Lipinski definition) is 0. The average Bonchev–Trinajstić information content (AvgIpc) is 2.73. The molecule has 1 atom stereocenters. The van der Waals surface area contributed by atoms with Crippen molar-refractivity contribution in [3.05, 3.63) is 35.9 Å². The van der Waals surface area contributed by atoms with Crippen molar-refractivity contribution in [2.45, 2.75) is 19.5 Å². The molecule has 2 aliphatic heterocycles. The fourth-order valence-corrected chi connectivity index (χ4v) is 2.85. The number of benzene rings is 1. The molecule has 6 heteroatoms. The summed E-state index contributed by atoms with van der Waals surface area (Å²) in [6, 6.07) is 8.65. The van der Waals surface area contributed by atoms with Gasteiger partial charge in [0.25, 0.3) is 5.91 Å². The number of imide groups is 1. The van der Waals surface area contributed by atoms with Crippen molar-refractivity contribution in [1.82, 2.24) is 14.7 Å². The summed E-state index contributed by atoms with van der Waals surface area (Å²) in [5, 5.41) is 0. The summed E-state index contributed by atoms with van der Waals surface area (Å²) in [4.78, 5) is 40.7. The Bertz CT molecular complexity index is 587. The molecule has 0 aromatic heterocycles. The minimum atomic E-state index is -0.529. The molecule has 0 aliphatic carbocycles. The number of fused-ring (bicyclic) bond motifs is 1. The molecule has 3 rings (SSSR count). The van der Waals surface area contributed by atoms with Crippen molar-refractivity contribution >= 4 is 17.8 Å². The van der Waals surface area contributed by atoms with Gasteiger partial charge in [0.05, 0.1) is 13.1 Å². The van der Waals surface area contributed by atoms with E-state index in [0.717, 1.165) is 5.56 Å². The van der Waals surface area contributed by atoms with Gasteiger partial charge < -0.3 is 9.80 Å². The molecule has 0 saturated carbocycles. The Hall–Kier alpha value is -2.37. The molecular weight excluding hydrogens is 270 g/mol. The molecule has 2 saturated heterocycles. The lowest BCUT2D eigenvalue weighted by molar-refractivity contribution is -0.134. The van der Waals surface area contributed by atoms with Gasteiger partial charge in [-0.05, 0) is 5.56 Å². The van der Waals surface area contributed by atoms with Crippen LogP contribution in [0.4, 0.5) is 4.79 Å². The van der Waals surface area contributed by atoms with Crippen molar-refractivity contribution in [2.24, 2.45) is 0 Å². The van der Waals surface area contributed by atoms with Crippen molar-refractivity contribution in [1.29, 1.82) is 0 Å². The number of urea groups is 1. The highest BCUT2D eigenvalue weighted by molar-refractivity contribution is 6.04. The quantitative estimate of drug-likeness (QED) is 0.752. The molecule has 110 valence electrons. The highest BCUT2D eigenvalue weighted by atomic mass is 16.2. The summed E-state index contributed by atoms with van der Waals surface area (Å²) in [5.41, 5.74) is 0.919. The van der Waals surface area contributed by atoms with Crippen LogP contribution in [-0.2, 0) is 16.1 Å². The molecule has 0 spiro atoms. The molecule has 2 fully saturated rings. The first-order chi connectivity index (χ1) is 10.1. The van der Waals surface area contributed by atoms with Crippen LogP contribution in [0.2, 0.25) is 0 Å². The third kappa shape index (κ3) is 2.37. The Morgan fingerprint density at radius 1 is 1.19 bits per heavy atom. The summed E-state index contributed by atoms with van der Waals surface area (Å²) in [6.45, 7) is 2.97. The molecule has 0 N–H and O–H groups in total. The molecule has 0 radical (unpaired) electrons. The maximum atomic E-state index is 12.4. The van der Waals surface area contributed by atoms with Crippen LogP contribution >= 0.6 is 0 Å². The van der Waals surface area contributed by atoms with E-state index in [4.69, 9.17) is 0 Å². The maximum Gasteiger partial charge on any atom is 0.327 e. The first kappa shape index (κ1) is 13.6. The van der Waals surface area contributed by atoms with E-state index in [1.54, 1.807) is 9.80 Å². The smallest absolute Gasteiger partial charge is 0.327 e. The number of hydrogen-bond acceptors (Lipinski definition) is 3.